The molecule has 0 heteroatoms. The van der Waals surface area contributed by atoms with Gasteiger partial charge in [0.05, 0.1) is 0 Å². The zero-order chi connectivity index (χ0) is 15.6. The Morgan fingerprint density at radius 3 is 2.00 bits per heavy atom. The van der Waals surface area contributed by atoms with Gasteiger partial charge in [-0.3, -0.25) is 0 Å². The molecule has 4 rings (SSSR count). The number of aryl methyl sites for hydroxylation is 1. The molecule has 0 fully saturated rings. The lowest BCUT2D eigenvalue weighted by atomic mass is 9.91. The fourth-order valence-corrected chi connectivity index (χ4v) is 3.66. The molecule has 0 aliphatic heterocycles. The van der Waals surface area contributed by atoms with Crippen LogP contribution in [0.5, 0.6) is 0 Å². The van der Waals surface area contributed by atoms with Crippen LogP contribution in [0.4, 0.5) is 0 Å². The van der Waals surface area contributed by atoms with E-state index in [9.17, 15) is 0 Å². The number of allylic oxidation sites excluding steroid dienone is 1. The Morgan fingerprint density at radius 1 is 0.696 bits per heavy atom. The molecule has 0 N–H and O–H groups in total. The van der Waals surface area contributed by atoms with Gasteiger partial charge in [-0.05, 0) is 51.8 Å². The molecule has 0 saturated heterocycles. The Balaban J connectivity index is 2.01. The topological polar surface area (TPSA) is 0 Å². The van der Waals surface area contributed by atoms with Crippen LogP contribution in [0.25, 0.3) is 11.1 Å². The van der Waals surface area contributed by atoms with Gasteiger partial charge in [0.1, 0.15) is 0 Å². The first-order valence-corrected chi connectivity index (χ1v) is 8.33. The molecular weight excluding hydrogens is 276 g/mol. The van der Waals surface area contributed by atoms with Crippen LogP contribution in [0, 0.1) is 0 Å². The highest BCUT2D eigenvalue weighted by molar-refractivity contribution is 6.04. The van der Waals surface area contributed by atoms with Gasteiger partial charge in [-0.2, -0.15) is 0 Å². The molecule has 112 valence electrons. The van der Waals surface area contributed by atoms with E-state index in [1.807, 2.05) is 0 Å². The first-order chi connectivity index (χ1) is 11.4. The van der Waals surface area contributed by atoms with E-state index in [0.717, 1.165) is 12.8 Å². The molecule has 1 aliphatic rings. The van der Waals surface area contributed by atoms with Crippen LogP contribution < -0.4 is 0 Å². The van der Waals surface area contributed by atoms with Crippen LogP contribution in [0.1, 0.15) is 34.7 Å². The molecule has 0 unspecified atom stereocenters. The van der Waals surface area contributed by atoms with Crippen molar-refractivity contribution in [3.63, 3.8) is 0 Å². The van der Waals surface area contributed by atoms with E-state index < -0.39 is 0 Å². The highest BCUT2D eigenvalue weighted by Gasteiger charge is 2.25. The number of rotatable bonds is 3. The zero-order valence-corrected chi connectivity index (χ0v) is 13.4. The smallest absolute Gasteiger partial charge is 0.000718 e. The minimum absolute atomic E-state index is 1.03. The molecule has 0 atom stereocenters. The van der Waals surface area contributed by atoms with Crippen molar-refractivity contribution in [1.29, 1.82) is 0 Å². The standard InChI is InChI=1S/C23H20/c1-2-17-14-9-15-20-16-21(18-10-5-3-6-11-18)23(22(17)20)19-12-7-4-8-13-19/h3-15H,2,16H2,1H3. The monoisotopic (exact) mass is 296 g/mol. The van der Waals surface area contributed by atoms with Gasteiger partial charge >= 0.3 is 0 Å². The van der Waals surface area contributed by atoms with Crippen molar-refractivity contribution in [3.05, 3.63) is 107 Å². The maximum Gasteiger partial charge on any atom is -0.000718 e. The molecule has 0 bridgehead atoms. The van der Waals surface area contributed by atoms with Crippen molar-refractivity contribution in [3.8, 4) is 0 Å². The molecule has 0 saturated carbocycles. The summed E-state index contributed by atoms with van der Waals surface area (Å²) in [6, 6.07) is 28.4. The summed E-state index contributed by atoms with van der Waals surface area (Å²) in [6.45, 7) is 2.25. The molecule has 3 aromatic carbocycles. The second-order valence-electron chi connectivity index (χ2n) is 6.07. The van der Waals surface area contributed by atoms with E-state index in [1.54, 1.807) is 0 Å². The Labute approximate surface area is 138 Å². The Bertz CT molecular complexity index is 855. The van der Waals surface area contributed by atoms with Crippen LogP contribution in [0.2, 0.25) is 0 Å². The lowest BCUT2D eigenvalue weighted by Gasteiger charge is -2.13. The predicted octanol–water partition coefficient (Wildman–Crippen LogP) is 5.76. The van der Waals surface area contributed by atoms with Crippen LogP contribution in [0.3, 0.4) is 0 Å². The lowest BCUT2D eigenvalue weighted by molar-refractivity contribution is 1.12. The summed E-state index contributed by atoms with van der Waals surface area (Å²) < 4.78 is 0. The van der Waals surface area contributed by atoms with Crippen LogP contribution in [-0.2, 0) is 12.8 Å². The molecule has 23 heavy (non-hydrogen) atoms. The second-order valence-corrected chi connectivity index (χ2v) is 6.07. The van der Waals surface area contributed by atoms with Crippen LogP contribution in [0.15, 0.2) is 78.9 Å². The average Bonchev–Trinajstić information content (AvgIpc) is 3.03. The molecule has 1 aliphatic carbocycles. The Kier molecular flexibility index (Phi) is 3.59. The van der Waals surface area contributed by atoms with Crippen molar-refractivity contribution < 1.29 is 0 Å². The van der Waals surface area contributed by atoms with E-state index >= 15 is 0 Å². The molecule has 0 radical (unpaired) electrons. The summed E-state index contributed by atoms with van der Waals surface area (Å²) in [6.07, 6.45) is 2.10. The largest absolute Gasteiger partial charge is 0.0622 e. The van der Waals surface area contributed by atoms with Crippen molar-refractivity contribution in [1.82, 2.24) is 0 Å². The number of fused-ring (bicyclic) bond motifs is 1. The highest BCUT2D eigenvalue weighted by atomic mass is 14.3. The molecule has 3 aromatic rings. The summed E-state index contributed by atoms with van der Waals surface area (Å²) in [7, 11) is 0. The van der Waals surface area contributed by atoms with Gasteiger partial charge in [0.25, 0.3) is 0 Å². The summed E-state index contributed by atoms with van der Waals surface area (Å²) in [5.74, 6) is 0. The second kappa shape index (κ2) is 5.89. The van der Waals surface area contributed by atoms with Gasteiger partial charge in [0, 0.05) is 0 Å². The number of hydrogen-bond donors (Lipinski definition) is 0. The number of hydrogen-bond acceptors (Lipinski definition) is 0. The molecule has 0 nitrogen and oxygen atoms in total. The maximum absolute atomic E-state index is 2.29. The van der Waals surface area contributed by atoms with Crippen molar-refractivity contribution >= 4 is 11.1 Å². The molecular formula is C23H20. The van der Waals surface area contributed by atoms with E-state index in [0.29, 0.717) is 0 Å². The molecule has 0 spiro atoms. The summed E-state index contributed by atoms with van der Waals surface area (Å²) in [5, 5.41) is 0. The van der Waals surface area contributed by atoms with Crippen molar-refractivity contribution in [2.45, 2.75) is 19.8 Å². The normalized spacial score (nSPS) is 13.3. The Hall–Kier alpha value is -2.60. The lowest BCUT2D eigenvalue weighted by Crippen LogP contribution is -1.94. The molecule has 0 heterocycles. The van der Waals surface area contributed by atoms with Gasteiger partial charge in [0.2, 0.25) is 0 Å². The first-order valence-electron chi connectivity index (χ1n) is 8.33. The number of benzene rings is 3. The van der Waals surface area contributed by atoms with Crippen LogP contribution in [-0.4, -0.2) is 0 Å². The highest BCUT2D eigenvalue weighted by Crippen LogP contribution is 2.43. The summed E-state index contributed by atoms with van der Waals surface area (Å²) in [5.41, 5.74) is 9.90. The van der Waals surface area contributed by atoms with E-state index in [4.69, 9.17) is 0 Å². The quantitative estimate of drug-likeness (QED) is 0.576. The average molecular weight is 296 g/mol. The zero-order valence-electron chi connectivity index (χ0n) is 13.4. The first kappa shape index (κ1) is 14.0. The van der Waals surface area contributed by atoms with E-state index in [1.165, 1.54) is 39.0 Å². The Morgan fingerprint density at radius 2 is 1.35 bits per heavy atom. The predicted molar refractivity (Wildman–Crippen MR) is 98.3 cm³/mol. The third-order valence-corrected chi connectivity index (χ3v) is 4.72. The third-order valence-electron chi connectivity index (χ3n) is 4.72. The minimum atomic E-state index is 1.03. The van der Waals surface area contributed by atoms with Crippen LogP contribution >= 0.6 is 0 Å². The minimum Gasteiger partial charge on any atom is -0.0622 e. The van der Waals surface area contributed by atoms with E-state index in [-0.39, 0.29) is 0 Å². The van der Waals surface area contributed by atoms with Gasteiger partial charge < -0.3 is 0 Å². The van der Waals surface area contributed by atoms with Crippen molar-refractivity contribution in [2.24, 2.45) is 0 Å². The van der Waals surface area contributed by atoms with Gasteiger partial charge in [-0.15, -0.1) is 0 Å². The van der Waals surface area contributed by atoms with Crippen molar-refractivity contribution in [2.75, 3.05) is 0 Å². The molecule has 0 amide bonds. The summed E-state index contributed by atoms with van der Waals surface area (Å²) in [4.78, 5) is 0. The van der Waals surface area contributed by atoms with Gasteiger partial charge in [0.15, 0.2) is 0 Å². The van der Waals surface area contributed by atoms with E-state index in [2.05, 4.69) is 85.8 Å². The van der Waals surface area contributed by atoms with Gasteiger partial charge in [-0.1, -0.05) is 85.8 Å². The third kappa shape index (κ3) is 2.41. The fourth-order valence-electron chi connectivity index (χ4n) is 3.66. The molecule has 0 aromatic heterocycles. The SMILES string of the molecule is CCc1cccc2c1C(c1ccccc1)=C(c1ccccc1)C2. The summed E-state index contributed by atoms with van der Waals surface area (Å²) >= 11 is 0. The fraction of sp³-hybridized carbons (Fsp3) is 0.130. The van der Waals surface area contributed by atoms with Gasteiger partial charge in [-0.25, -0.2) is 0 Å². The maximum atomic E-state index is 2.29.